The van der Waals surface area contributed by atoms with Gasteiger partial charge in [0.05, 0.1) is 22.3 Å². The third-order valence-corrected chi connectivity index (χ3v) is 4.71. The van der Waals surface area contributed by atoms with Crippen LogP contribution in [0.5, 0.6) is 5.75 Å². The van der Waals surface area contributed by atoms with E-state index in [1.165, 1.54) is 0 Å². The van der Waals surface area contributed by atoms with Gasteiger partial charge in [-0.2, -0.15) is 0 Å². The molecule has 0 aliphatic carbocycles. The predicted molar refractivity (Wildman–Crippen MR) is 71.5 cm³/mol. The van der Waals surface area contributed by atoms with Gasteiger partial charge in [-0.05, 0) is 30.7 Å². The first-order valence-corrected chi connectivity index (χ1v) is 7.20. The van der Waals surface area contributed by atoms with Crippen molar-refractivity contribution in [1.82, 2.24) is 0 Å². The molecule has 1 aliphatic heterocycles. The monoisotopic (exact) mass is 258 g/mol. The van der Waals surface area contributed by atoms with Gasteiger partial charge in [-0.25, -0.2) is 4.21 Å². The van der Waals surface area contributed by atoms with Crippen LogP contribution in [0.25, 0.3) is 0 Å². The maximum Gasteiger partial charge on any atom is 0.124 e. The highest BCUT2D eigenvalue weighted by molar-refractivity contribution is 7.85. The van der Waals surface area contributed by atoms with E-state index in [9.17, 15) is 4.21 Å². The topological polar surface area (TPSA) is 26.3 Å². The van der Waals surface area contributed by atoms with E-state index in [0.717, 1.165) is 33.1 Å². The van der Waals surface area contributed by atoms with Crippen molar-refractivity contribution in [2.24, 2.45) is 0 Å². The quantitative estimate of drug-likeness (QED) is 0.706. The molecule has 2 aromatic rings. The molecule has 0 radical (unpaired) electrons. The Kier molecular flexibility index (Phi) is 2.92. The third kappa shape index (κ3) is 1.75. The Balaban J connectivity index is 2.16. The van der Waals surface area contributed by atoms with Crippen molar-refractivity contribution in [3.8, 4) is 5.75 Å². The first kappa shape index (κ1) is 11.5. The summed E-state index contributed by atoms with van der Waals surface area (Å²) in [6.45, 7) is 2.60. The molecule has 3 heteroatoms. The van der Waals surface area contributed by atoms with E-state index in [0.29, 0.717) is 6.61 Å². The van der Waals surface area contributed by atoms with Gasteiger partial charge in [0.15, 0.2) is 0 Å². The van der Waals surface area contributed by atoms with Crippen LogP contribution >= 0.6 is 0 Å². The van der Waals surface area contributed by atoms with Gasteiger partial charge in [-0.1, -0.05) is 24.3 Å². The van der Waals surface area contributed by atoms with E-state index in [1.807, 2.05) is 49.4 Å². The van der Waals surface area contributed by atoms with Crippen molar-refractivity contribution >= 4 is 10.8 Å². The van der Waals surface area contributed by atoms with E-state index < -0.39 is 10.8 Å². The molecule has 0 saturated carbocycles. The molecule has 0 N–H and O–H groups in total. The summed E-state index contributed by atoms with van der Waals surface area (Å²) < 4.78 is 18.2. The molecule has 18 heavy (non-hydrogen) atoms. The molecule has 1 unspecified atom stereocenters. The second-order valence-corrected chi connectivity index (χ2v) is 5.64. The highest BCUT2D eigenvalue weighted by Gasteiger charge is 2.24. The van der Waals surface area contributed by atoms with Gasteiger partial charge in [-0.15, -0.1) is 0 Å². The molecule has 1 heterocycles. The Labute approximate surface area is 109 Å². The average Bonchev–Trinajstić information content (AvgIpc) is 2.40. The van der Waals surface area contributed by atoms with E-state index in [-0.39, 0.29) is 0 Å². The van der Waals surface area contributed by atoms with E-state index in [4.69, 9.17) is 4.74 Å². The maximum absolute atomic E-state index is 12.5. The molecule has 0 aromatic heterocycles. The van der Waals surface area contributed by atoms with E-state index in [1.54, 1.807) is 0 Å². The Morgan fingerprint density at radius 1 is 1.11 bits per heavy atom. The fourth-order valence-electron chi connectivity index (χ4n) is 2.32. The summed E-state index contributed by atoms with van der Waals surface area (Å²) in [4.78, 5) is 1.82. The van der Waals surface area contributed by atoms with Crippen LogP contribution in [0.2, 0.25) is 0 Å². The van der Waals surface area contributed by atoms with Crippen LogP contribution in [0, 0.1) is 0 Å². The standard InChI is InChI=1S/C15H14O2S/c1-2-17-13-7-5-9-15-12(13)10-11-6-3-4-8-14(11)18(15)16/h3-9H,2,10H2,1H3. The minimum atomic E-state index is -1.08. The van der Waals surface area contributed by atoms with Crippen LogP contribution in [0.1, 0.15) is 18.1 Å². The summed E-state index contributed by atoms with van der Waals surface area (Å²) in [6.07, 6.45) is 0.799. The lowest BCUT2D eigenvalue weighted by Crippen LogP contribution is -2.11. The molecule has 3 rings (SSSR count). The Hall–Kier alpha value is -1.61. The number of hydrogen-bond donors (Lipinski definition) is 0. The van der Waals surface area contributed by atoms with Crippen LogP contribution in [-0.4, -0.2) is 10.8 Å². The van der Waals surface area contributed by atoms with Crippen molar-refractivity contribution in [2.75, 3.05) is 6.61 Å². The summed E-state index contributed by atoms with van der Waals surface area (Å²) in [5, 5.41) is 0. The molecule has 1 atom stereocenters. The fourth-order valence-corrected chi connectivity index (χ4v) is 3.74. The lowest BCUT2D eigenvalue weighted by Gasteiger charge is -2.21. The van der Waals surface area contributed by atoms with Gasteiger partial charge in [0.2, 0.25) is 0 Å². The molecule has 92 valence electrons. The summed E-state index contributed by atoms with van der Waals surface area (Å²) in [7, 11) is -1.08. The zero-order valence-electron chi connectivity index (χ0n) is 10.2. The van der Waals surface area contributed by atoms with Gasteiger partial charge in [0, 0.05) is 16.9 Å². The van der Waals surface area contributed by atoms with Crippen molar-refractivity contribution in [1.29, 1.82) is 0 Å². The van der Waals surface area contributed by atoms with Crippen molar-refractivity contribution in [3.05, 3.63) is 53.6 Å². The molecule has 0 fully saturated rings. The van der Waals surface area contributed by atoms with Gasteiger partial charge in [-0.3, -0.25) is 0 Å². The third-order valence-electron chi connectivity index (χ3n) is 3.13. The van der Waals surface area contributed by atoms with Crippen LogP contribution in [0.3, 0.4) is 0 Å². The number of hydrogen-bond acceptors (Lipinski definition) is 2. The second kappa shape index (κ2) is 4.58. The summed E-state index contributed by atoms with van der Waals surface area (Å²) >= 11 is 0. The molecular weight excluding hydrogens is 244 g/mol. The molecule has 0 saturated heterocycles. The normalized spacial score (nSPS) is 16.8. The maximum atomic E-state index is 12.5. The number of fused-ring (bicyclic) bond motifs is 2. The molecular formula is C15H14O2S. The summed E-state index contributed by atoms with van der Waals surface area (Å²) in [5.41, 5.74) is 2.20. The minimum Gasteiger partial charge on any atom is -0.494 e. The largest absolute Gasteiger partial charge is 0.494 e. The molecule has 2 aromatic carbocycles. The Morgan fingerprint density at radius 2 is 1.89 bits per heavy atom. The highest BCUT2D eigenvalue weighted by atomic mass is 32.2. The van der Waals surface area contributed by atoms with Crippen molar-refractivity contribution in [3.63, 3.8) is 0 Å². The number of rotatable bonds is 2. The molecule has 0 amide bonds. The lowest BCUT2D eigenvalue weighted by molar-refractivity contribution is 0.335. The predicted octanol–water partition coefficient (Wildman–Crippen LogP) is 3.16. The highest BCUT2D eigenvalue weighted by Crippen LogP contribution is 2.36. The minimum absolute atomic E-state index is 0.630. The van der Waals surface area contributed by atoms with E-state index in [2.05, 4.69) is 0 Å². The fraction of sp³-hybridized carbons (Fsp3) is 0.200. The SMILES string of the molecule is CCOc1cccc2c1Cc1ccccc1S2=O. The van der Waals surface area contributed by atoms with Gasteiger partial charge >= 0.3 is 0 Å². The Morgan fingerprint density at radius 3 is 2.72 bits per heavy atom. The van der Waals surface area contributed by atoms with Crippen LogP contribution in [-0.2, 0) is 17.2 Å². The zero-order valence-corrected chi connectivity index (χ0v) is 11.0. The summed E-state index contributed by atoms with van der Waals surface area (Å²) in [6, 6.07) is 13.7. The molecule has 0 spiro atoms. The van der Waals surface area contributed by atoms with Crippen LogP contribution in [0.4, 0.5) is 0 Å². The Bertz CT molecular complexity index is 620. The molecule has 1 aliphatic rings. The lowest BCUT2D eigenvalue weighted by atomic mass is 10.0. The smallest absolute Gasteiger partial charge is 0.124 e. The van der Waals surface area contributed by atoms with Gasteiger partial charge in [0.1, 0.15) is 5.75 Å². The average molecular weight is 258 g/mol. The first-order valence-electron chi connectivity index (χ1n) is 6.05. The van der Waals surface area contributed by atoms with Crippen LogP contribution < -0.4 is 4.74 Å². The van der Waals surface area contributed by atoms with Crippen molar-refractivity contribution < 1.29 is 8.95 Å². The van der Waals surface area contributed by atoms with Gasteiger partial charge in [0.25, 0.3) is 0 Å². The summed E-state index contributed by atoms with van der Waals surface area (Å²) in [5.74, 6) is 0.859. The molecule has 2 nitrogen and oxygen atoms in total. The first-order chi connectivity index (χ1) is 8.81. The molecule has 0 bridgehead atoms. The second-order valence-electron chi connectivity index (χ2n) is 4.22. The number of benzene rings is 2. The van der Waals surface area contributed by atoms with Crippen LogP contribution in [0.15, 0.2) is 52.3 Å². The van der Waals surface area contributed by atoms with Crippen molar-refractivity contribution in [2.45, 2.75) is 23.1 Å². The number of ether oxygens (including phenoxy) is 1. The van der Waals surface area contributed by atoms with E-state index >= 15 is 0 Å². The zero-order chi connectivity index (χ0) is 12.5. The van der Waals surface area contributed by atoms with Gasteiger partial charge < -0.3 is 4.74 Å².